The molecule has 0 spiro atoms. The molecule has 1 aromatic carbocycles. The Balaban J connectivity index is 2.69. The highest BCUT2D eigenvalue weighted by Gasteiger charge is 2.07. The molecule has 1 aromatic rings. The lowest BCUT2D eigenvalue weighted by Crippen LogP contribution is -2.13. The van der Waals surface area contributed by atoms with Crippen LogP contribution in [0.3, 0.4) is 0 Å². The molecule has 4 heteroatoms. The highest BCUT2D eigenvalue weighted by molar-refractivity contribution is 6.17. The summed E-state index contributed by atoms with van der Waals surface area (Å²) in [5.74, 6) is 0.579. The van der Waals surface area contributed by atoms with Gasteiger partial charge in [0, 0.05) is 5.88 Å². The molecule has 0 aliphatic heterocycles. The van der Waals surface area contributed by atoms with Gasteiger partial charge in [-0.3, -0.25) is 4.79 Å². The predicted octanol–water partition coefficient (Wildman–Crippen LogP) is 1.79. The van der Waals surface area contributed by atoms with Crippen LogP contribution in [0.25, 0.3) is 0 Å². The third-order valence-electron chi connectivity index (χ3n) is 1.69. The Labute approximate surface area is 87.8 Å². The smallest absolute Gasteiger partial charge is 0.252 e. The SMILES string of the molecule is NC(=O)c1ccccc1OCCCCl. The largest absolute Gasteiger partial charge is 0.493 e. The Morgan fingerprint density at radius 3 is 2.79 bits per heavy atom. The monoisotopic (exact) mass is 213 g/mol. The summed E-state index contributed by atoms with van der Waals surface area (Å²) in [5, 5.41) is 0. The molecule has 0 saturated carbocycles. The van der Waals surface area contributed by atoms with E-state index in [-0.39, 0.29) is 0 Å². The maximum atomic E-state index is 11.0. The van der Waals surface area contributed by atoms with Crippen molar-refractivity contribution in [1.82, 2.24) is 0 Å². The minimum absolute atomic E-state index is 0.405. The van der Waals surface area contributed by atoms with Gasteiger partial charge in [-0.25, -0.2) is 0 Å². The first-order valence-corrected chi connectivity index (χ1v) is 4.86. The minimum Gasteiger partial charge on any atom is -0.493 e. The van der Waals surface area contributed by atoms with Gasteiger partial charge < -0.3 is 10.5 Å². The van der Waals surface area contributed by atoms with Crippen LogP contribution in [0.5, 0.6) is 5.75 Å². The first-order valence-electron chi connectivity index (χ1n) is 4.33. The molecule has 0 aromatic heterocycles. The summed E-state index contributed by atoms with van der Waals surface area (Å²) >= 11 is 5.50. The lowest BCUT2D eigenvalue weighted by atomic mass is 10.2. The van der Waals surface area contributed by atoms with Gasteiger partial charge in [-0.1, -0.05) is 12.1 Å². The van der Waals surface area contributed by atoms with Gasteiger partial charge in [-0.2, -0.15) is 0 Å². The quantitative estimate of drug-likeness (QED) is 0.599. The van der Waals surface area contributed by atoms with Crippen molar-refractivity contribution in [2.75, 3.05) is 12.5 Å². The number of rotatable bonds is 5. The molecule has 0 fully saturated rings. The van der Waals surface area contributed by atoms with Crippen molar-refractivity contribution < 1.29 is 9.53 Å². The number of halogens is 1. The van der Waals surface area contributed by atoms with Crippen molar-refractivity contribution in [3.63, 3.8) is 0 Å². The summed E-state index contributed by atoms with van der Waals surface area (Å²) in [4.78, 5) is 11.0. The fraction of sp³-hybridized carbons (Fsp3) is 0.300. The van der Waals surface area contributed by atoms with E-state index in [2.05, 4.69) is 0 Å². The molecule has 0 bridgehead atoms. The van der Waals surface area contributed by atoms with Crippen molar-refractivity contribution in [2.45, 2.75) is 6.42 Å². The zero-order valence-electron chi connectivity index (χ0n) is 7.70. The molecular formula is C10H12ClNO2. The third-order valence-corrected chi connectivity index (χ3v) is 1.96. The van der Waals surface area contributed by atoms with Crippen LogP contribution in [0.15, 0.2) is 24.3 Å². The van der Waals surface area contributed by atoms with Crippen LogP contribution in [-0.4, -0.2) is 18.4 Å². The predicted molar refractivity (Wildman–Crippen MR) is 55.8 cm³/mol. The summed E-state index contributed by atoms with van der Waals surface area (Å²) in [6.07, 6.45) is 0.745. The second-order valence-corrected chi connectivity index (χ2v) is 3.13. The first-order chi connectivity index (χ1) is 6.75. The van der Waals surface area contributed by atoms with Gasteiger partial charge in [0.2, 0.25) is 0 Å². The average molecular weight is 214 g/mol. The minimum atomic E-state index is -0.480. The number of alkyl halides is 1. The van der Waals surface area contributed by atoms with Gasteiger partial charge in [-0.05, 0) is 18.6 Å². The number of primary amides is 1. The van der Waals surface area contributed by atoms with E-state index in [1.54, 1.807) is 24.3 Å². The molecular weight excluding hydrogens is 202 g/mol. The molecule has 0 aliphatic carbocycles. The van der Waals surface area contributed by atoms with E-state index in [0.29, 0.717) is 23.8 Å². The van der Waals surface area contributed by atoms with Gasteiger partial charge >= 0.3 is 0 Å². The normalized spacial score (nSPS) is 9.79. The standard InChI is InChI=1S/C10H12ClNO2/c11-6-3-7-14-9-5-2-1-4-8(9)10(12)13/h1-2,4-5H,3,6-7H2,(H2,12,13). The molecule has 0 aliphatic rings. The average Bonchev–Trinajstić information content (AvgIpc) is 2.19. The van der Waals surface area contributed by atoms with E-state index < -0.39 is 5.91 Å². The van der Waals surface area contributed by atoms with Crippen LogP contribution < -0.4 is 10.5 Å². The van der Waals surface area contributed by atoms with Gasteiger partial charge in [-0.15, -0.1) is 11.6 Å². The molecule has 1 rings (SSSR count). The number of ether oxygens (including phenoxy) is 1. The lowest BCUT2D eigenvalue weighted by molar-refractivity contribution is 0.0996. The number of carbonyl (C=O) groups is 1. The number of hydrogen-bond donors (Lipinski definition) is 1. The molecule has 0 radical (unpaired) electrons. The van der Waals surface area contributed by atoms with Gasteiger partial charge in [0.25, 0.3) is 5.91 Å². The molecule has 76 valence electrons. The Morgan fingerprint density at radius 1 is 1.43 bits per heavy atom. The van der Waals surface area contributed by atoms with Crippen molar-refractivity contribution in [2.24, 2.45) is 5.73 Å². The summed E-state index contributed by atoms with van der Waals surface area (Å²) < 4.78 is 5.35. The third kappa shape index (κ3) is 2.92. The molecule has 2 N–H and O–H groups in total. The maximum Gasteiger partial charge on any atom is 0.252 e. The van der Waals surface area contributed by atoms with Crippen molar-refractivity contribution >= 4 is 17.5 Å². The molecule has 3 nitrogen and oxygen atoms in total. The number of carbonyl (C=O) groups excluding carboxylic acids is 1. The summed E-state index contributed by atoms with van der Waals surface area (Å²) in [6.45, 7) is 0.494. The first kappa shape index (κ1) is 10.9. The second kappa shape index (κ2) is 5.50. The van der Waals surface area contributed by atoms with Crippen LogP contribution in [0.2, 0.25) is 0 Å². The van der Waals surface area contributed by atoms with E-state index in [1.807, 2.05) is 0 Å². The van der Waals surface area contributed by atoms with Crippen molar-refractivity contribution in [1.29, 1.82) is 0 Å². The van der Waals surface area contributed by atoms with E-state index in [0.717, 1.165) is 6.42 Å². The van der Waals surface area contributed by atoms with E-state index in [9.17, 15) is 4.79 Å². The zero-order chi connectivity index (χ0) is 10.4. The lowest BCUT2D eigenvalue weighted by Gasteiger charge is -2.07. The number of nitrogens with two attached hydrogens (primary N) is 1. The topological polar surface area (TPSA) is 52.3 Å². The Kier molecular flexibility index (Phi) is 4.26. The molecule has 14 heavy (non-hydrogen) atoms. The molecule has 0 heterocycles. The Bertz CT molecular complexity index is 315. The van der Waals surface area contributed by atoms with Gasteiger partial charge in [0.15, 0.2) is 0 Å². The Morgan fingerprint density at radius 2 is 2.14 bits per heavy atom. The van der Waals surface area contributed by atoms with Crippen LogP contribution in [0, 0.1) is 0 Å². The maximum absolute atomic E-state index is 11.0. The fourth-order valence-electron chi connectivity index (χ4n) is 1.03. The summed E-state index contributed by atoms with van der Waals surface area (Å²) in [6, 6.07) is 6.89. The highest BCUT2D eigenvalue weighted by Crippen LogP contribution is 2.17. The van der Waals surface area contributed by atoms with E-state index in [4.69, 9.17) is 22.1 Å². The molecule has 0 unspecified atom stereocenters. The van der Waals surface area contributed by atoms with Crippen LogP contribution in [-0.2, 0) is 0 Å². The summed E-state index contributed by atoms with van der Waals surface area (Å²) in [5.41, 5.74) is 5.58. The molecule has 0 atom stereocenters. The van der Waals surface area contributed by atoms with Crippen LogP contribution in [0.1, 0.15) is 16.8 Å². The summed E-state index contributed by atoms with van der Waals surface area (Å²) in [7, 11) is 0. The second-order valence-electron chi connectivity index (χ2n) is 2.75. The number of para-hydroxylation sites is 1. The van der Waals surface area contributed by atoms with Gasteiger partial charge in [0.1, 0.15) is 5.75 Å². The highest BCUT2D eigenvalue weighted by atomic mass is 35.5. The van der Waals surface area contributed by atoms with E-state index >= 15 is 0 Å². The fourth-order valence-corrected chi connectivity index (χ4v) is 1.14. The number of amides is 1. The Hall–Kier alpha value is -1.22. The molecule has 0 saturated heterocycles. The number of hydrogen-bond acceptors (Lipinski definition) is 2. The van der Waals surface area contributed by atoms with Crippen LogP contribution in [0.4, 0.5) is 0 Å². The van der Waals surface area contributed by atoms with Crippen molar-refractivity contribution in [3.8, 4) is 5.75 Å². The van der Waals surface area contributed by atoms with E-state index in [1.165, 1.54) is 0 Å². The number of benzene rings is 1. The molecule has 1 amide bonds. The van der Waals surface area contributed by atoms with Crippen molar-refractivity contribution in [3.05, 3.63) is 29.8 Å². The van der Waals surface area contributed by atoms with Crippen LogP contribution >= 0.6 is 11.6 Å². The zero-order valence-corrected chi connectivity index (χ0v) is 8.46. The van der Waals surface area contributed by atoms with Gasteiger partial charge in [0.05, 0.1) is 12.2 Å².